The lowest BCUT2D eigenvalue weighted by Gasteiger charge is -2.34. The van der Waals surface area contributed by atoms with Crippen LogP contribution in [0, 0.1) is 18.8 Å². The van der Waals surface area contributed by atoms with E-state index in [0.29, 0.717) is 11.8 Å². The summed E-state index contributed by atoms with van der Waals surface area (Å²) in [5.74, 6) is 0.758. The Kier molecular flexibility index (Phi) is 6.16. The molecule has 1 fully saturated rings. The highest BCUT2D eigenvalue weighted by atomic mass is 16.5. The molecule has 0 aliphatic carbocycles. The summed E-state index contributed by atoms with van der Waals surface area (Å²) in [5.41, 5.74) is 1.86. The van der Waals surface area contributed by atoms with Crippen LogP contribution in [0.3, 0.4) is 0 Å². The van der Waals surface area contributed by atoms with Gasteiger partial charge in [-0.3, -0.25) is 9.59 Å². The van der Waals surface area contributed by atoms with Gasteiger partial charge in [0.25, 0.3) is 0 Å². The largest absolute Gasteiger partial charge is 0.362 e. The minimum atomic E-state index is -0.248. The number of hydrogen-bond acceptors (Lipinski definition) is 3. The van der Waals surface area contributed by atoms with Crippen LogP contribution >= 0.6 is 0 Å². The molecule has 2 atom stereocenters. The Balaban J connectivity index is 1.70. The first-order valence-electron chi connectivity index (χ1n) is 8.16. The molecular weight excluding hydrogens is 292 g/mol. The highest BCUT2D eigenvalue weighted by molar-refractivity contribution is 5.91. The molecule has 1 aliphatic heterocycles. The molecule has 1 saturated heterocycles. The summed E-state index contributed by atoms with van der Waals surface area (Å²) in [6, 6.07) is 7.54. The Labute approximate surface area is 138 Å². The quantitative estimate of drug-likeness (QED) is 0.907. The van der Waals surface area contributed by atoms with Gasteiger partial charge in [0, 0.05) is 18.8 Å². The third-order valence-corrected chi connectivity index (χ3v) is 4.02. The Morgan fingerprint density at radius 1 is 1.13 bits per heavy atom. The van der Waals surface area contributed by atoms with Gasteiger partial charge in [-0.2, -0.15) is 0 Å². The van der Waals surface area contributed by atoms with Gasteiger partial charge in [0.2, 0.25) is 11.8 Å². The Hall–Kier alpha value is -1.88. The van der Waals surface area contributed by atoms with Gasteiger partial charge in [-0.25, -0.2) is 0 Å². The minimum Gasteiger partial charge on any atom is -0.362 e. The van der Waals surface area contributed by atoms with E-state index in [9.17, 15) is 9.59 Å². The third kappa shape index (κ3) is 5.67. The van der Waals surface area contributed by atoms with Crippen LogP contribution in [0.4, 0.5) is 5.69 Å². The first-order valence-corrected chi connectivity index (χ1v) is 8.16. The van der Waals surface area contributed by atoms with E-state index < -0.39 is 0 Å². The zero-order valence-electron chi connectivity index (χ0n) is 14.2. The number of carbonyl (C=O) groups excluding carboxylic acids is 2. The Bertz CT molecular complexity index is 532. The van der Waals surface area contributed by atoms with E-state index in [1.165, 1.54) is 0 Å². The van der Waals surface area contributed by atoms with Gasteiger partial charge in [0.15, 0.2) is 0 Å². The van der Waals surface area contributed by atoms with Crippen LogP contribution in [0.1, 0.15) is 25.8 Å². The molecule has 0 bridgehead atoms. The highest BCUT2D eigenvalue weighted by Gasteiger charge is 2.25. The van der Waals surface area contributed by atoms with E-state index in [-0.39, 0.29) is 25.0 Å². The fourth-order valence-corrected chi connectivity index (χ4v) is 3.02. The number of rotatable bonds is 5. The zero-order valence-corrected chi connectivity index (χ0v) is 14.2. The molecule has 0 radical (unpaired) electrons. The number of aryl methyl sites for hydroxylation is 1. The van der Waals surface area contributed by atoms with Crippen molar-refractivity contribution in [2.75, 3.05) is 31.6 Å². The summed E-state index contributed by atoms with van der Waals surface area (Å²) in [6.45, 7) is 7.71. The molecule has 2 amide bonds. The van der Waals surface area contributed by atoms with Crippen molar-refractivity contribution < 1.29 is 14.3 Å². The van der Waals surface area contributed by atoms with Gasteiger partial charge in [0.05, 0.1) is 0 Å². The maximum absolute atomic E-state index is 12.1. The lowest BCUT2D eigenvalue weighted by Crippen LogP contribution is -2.44. The summed E-state index contributed by atoms with van der Waals surface area (Å²) >= 11 is 0. The molecule has 23 heavy (non-hydrogen) atoms. The van der Waals surface area contributed by atoms with Gasteiger partial charge < -0.3 is 15.0 Å². The average Bonchev–Trinajstić information content (AvgIpc) is 2.48. The lowest BCUT2D eigenvalue weighted by atomic mass is 9.92. The SMILES string of the molecule is Cc1ccc(NC(=O)COCC(=O)N2C[C@H](C)C[C@H](C)C2)cc1. The fourth-order valence-electron chi connectivity index (χ4n) is 3.02. The van der Waals surface area contributed by atoms with E-state index in [1.807, 2.05) is 36.1 Å². The van der Waals surface area contributed by atoms with Crippen molar-refractivity contribution in [1.82, 2.24) is 4.90 Å². The highest BCUT2D eigenvalue weighted by Crippen LogP contribution is 2.20. The molecule has 5 heteroatoms. The standard InChI is InChI=1S/C18H26N2O3/c1-13-4-6-16(7-5-13)19-17(21)11-23-12-18(22)20-9-14(2)8-15(3)10-20/h4-7,14-15H,8-12H2,1-3H3,(H,19,21)/t14-,15+. The van der Waals surface area contributed by atoms with Gasteiger partial charge in [0.1, 0.15) is 13.2 Å². The topological polar surface area (TPSA) is 58.6 Å². The van der Waals surface area contributed by atoms with Crippen molar-refractivity contribution in [3.63, 3.8) is 0 Å². The molecular formula is C18H26N2O3. The molecule has 1 aliphatic rings. The molecule has 0 unspecified atom stereocenters. The average molecular weight is 318 g/mol. The van der Waals surface area contributed by atoms with E-state index >= 15 is 0 Å². The predicted molar refractivity (Wildman–Crippen MR) is 90.2 cm³/mol. The number of amides is 2. The second-order valence-corrected chi connectivity index (χ2v) is 6.65. The number of nitrogens with one attached hydrogen (secondary N) is 1. The zero-order chi connectivity index (χ0) is 16.8. The Morgan fingerprint density at radius 2 is 1.74 bits per heavy atom. The van der Waals surface area contributed by atoms with Crippen LogP contribution in [0.25, 0.3) is 0 Å². The molecule has 0 aromatic heterocycles. The maximum Gasteiger partial charge on any atom is 0.250 e. The Morgan fingerprint density at radius 3 is 2.35 bits per heavy atom. The first-order chi connectivity index (χ1) is 10.9. The number of hydrogen-bond donors (Lipinski definition) is 1. The van der Waals surface area contributed by atoms with Crippen molar-refractivity contribution in [3.8, 4) is 0 Å². The maximum atomic E-state index is 12.1. The molecule has 1 N–H and O–H groups in total. The molecule has 1 aromatic carbocycles. The van der Waals surface area contributed by atoms with Crippen LogP contribution in [0.2, 0.25) is 0 Å². The van der Waals surface area contributed by atoms with E-state index in [2.05, 4.69) is 19.2 Å². The fraction of sp³-hybridized carbons (Fsp3) is 0.556. The van der Waals surface area contributed by atoms with Crippen molar-refractivity contribution >= 4 is 17.5 Å². The van der Waals surface area contributed by atoms with Crippen LogP contribution in [0.15, 0.2) is 24.3 Å². The summed E-state index contributed by atoms with van der Waals surface area (Å²) < 4.78 is 5.27. The summed E-state index contributed by atoms with van der Waals surface area (Å²) in [5, 5.41) is 2.75. The van der Waals surface area contributed by atoms with Gasteiger partial charge >= 0.3 is 0 Å². The number of piperidine rings is 1. The second kappa shape index (κ2) is 8.11. The molecule has 0 saturated carbocycles. The van der Waals surface area contributed by atoms with Crippen LogP contribution < -0.4 is 5.32 Å². The van der Waals surface area contributed by atoms with E-state index in [4.69, 9.17) is 4.74 Å². The summed E-state index contributed by atoms with van der Waals surface area (Å²) in [6.07, 6.45) is 1.16. The van der Waals surface area contributed by atoms with Crippen LogP contribution in [-0.4, -0.2) is 43.0 Å². The number of benzene rings is 1. The monoisotopic (exact) mass is 318 g/mol. The van der Waals surface area contributed by atoms with Crippen molar-refractivity contribution in [1.29, 1.82) is 0 Å². The number of likely N-dealkylation sites (tertiary alicyclic amines) is 1. The number of nitrogens with zero attached hydrogens (tertiary/aromatic N) is 1. The number of anilines is 1. The van der Waals surface area contributed by atoms with Crippen LogP contribution in [-0.2, 0) is 14.3 Å². The number of carbonyl (C=O) groups is 2. The van der Waals surface area contributed by atoms with E-state index in [1.54, 1.807) is 0 Å². The smallest absolute Gasteiger partial charge is 0.250 e. The number of ether oxygens (including phenoxy) is 1. The summed E-state index contributed by atoms with van der Waals surface area (Å²) in [4.78, 5) is 25.8. The van der Waals surface area contributed by atoms with Gasteiger partial charge in [-0.15, -0.1) is 0 Å². The molecule has 5 nitrogen and oxygen atoms in total. The molecule has 2 rings (SSSR count). The normalized spacial score (nSPS) is 21.1. The lowest BCUT2D eigenvalue weighted by molar-refractivity contribution is -0.140. The van der Waals surface area contributed by atoms with Crippen molar-refractivity contribution in [2.24, 2.45) is 11.8 Å². The van der Waals surface area contributed by atoms with Gasteiger partial charge in [-0.1, -0.05) is 31.5 Å². The predicted octanol–water partition coefficient (Wildman–Crippen LogP) is 2.45. The van der Waals surface area contributed by atoms with E-state index in [0.717, 1.165) is 30.8 Å². The third-order valence-electron chi connectivity index (χ3n) is 4.02. The van der Waals surface area contributed by atoms with Crippen LogP contribution in [0.5, 0.6) is 0 Å². The molecule has 1 aromatic rings. The molecule has 126 valence electrons. The second-order valence-electron chi connectivity index (χ2n) is 6.65. The first kappa shape index (κ1) is 17.5. The minimum absolute atomic E-state index is 0.0356. The van der Waals surface area contributed by atoms with Crippen molar-refractivity contribution in [2.45, 2.75) is 27.2 Å². The molecule has 0 spiro atoms. The molecule has 1 heterocycles. The summed E-state index contributed by atoms with van der Waals surface area (Å²) in [7, 11) is 0. The van der Waals surface area contributed by atoms with Gasteiger partial charge in [-0.05, 0) is 37.3 Å². The van der Waals surface area contributed by atoms with Crippen molar-refractivity contribution in [3.05, 3.63) is 29.8 Å².